The van der Waals surface area contributed by atoms with Gasteiger partial charge in [-0.3, -0.25) is 9.69 Å². The van der Waals surface area contributed by atoms with Crippen molar-refractivity contribution in [1.82, 2.24) is 14.7 Å². The molecular weight excluding hydrogens is 408 g/mol. The second-order valence-corrected chi connectivity index (χ2v) is 8.53. The minimum Gasteiger partial charge on any atom is -0.462 e. The van der Waals surface area contributed by atoms with Crippen molar-refractivity contribution >= 4 is 34.3 Å². The first-order chi connectivity index (χ1) is 14.4. The van der Waals surface area contributed by atoms with Crippen molar-refractivity contribution in [2.24, 2.45) is 0 Å². The molecule has 0 spiro atoms. The Morgan fingerprint density at radius 1 is 1.03 bits per heavy atom. The molecule has 0 radical (unpaired) electrons. The van der Waals surface area contributed by atoms with E-state index in [-0.39, 0.29) is 25.2 Å². The molecule has 0 atom stereocenters. The number of likely N-dealkylation sites (N-methyl/N-ethyl adjacent to an activating group) is 1. The molecule has 9 nitrogen and oxygen atoms in total. The van der Waals surface area contributed by atoms with Gasteiger partial charge in [0.15, 0.2) is 0 Å². The average molecular weight is 439 g/mol. The molecule has 1 aromatic heterocycles. The van der Waals surface area contributed by atoms with Gasteiger partial charge in [0.05, 0.1) is 31.9 Å². The van der Waals surface area contributed by atoms with Crippen molar-refractivity contribution in [1.29, 1.82) is 0 Å². The molecule has 2 amide bonds. The van der Waals surface area contributed by atoms with Crippen LogP contribution in [0.1, 0.15) is 34.6 Å². The quantitative estimate of drug-likeness (QED) is 0.675. The number of ether oxygens (including phenoxy) is 2. The third-order valence-corrected chi connectivity index (χ3v) is 6.41. The number of rotatable bonds is 6. The molecule has 0 saturated carbocycles. The topological polar surface area (TPSA) is 91.4 Å². The predicted molar refractivity (Wildman–Crippen MR) is 114 cm³/mol. The summed E-state index contributed by atoms with van der Waals surface area (Å²) in [5.74, 6) is -0.583. The second kappa shape index (κ2) is 10.2. The first kappa shape index (κ1) is 22.5. The Labute approximate surface area is 180 Å². The van der Waals surface area contributed by atoms with Gasteiger partial charge in [0.2, 0.25) is 5.91 Å². The number of esters is 1. The van der Waals surface area contributed by atoms with Crippen molar-refractivity contribution in [2.45, 2.75) is 26.8 Å². The van der Waals surface area contributed by atoms with E-state index in [1.165, 1.54) is 11.3 Å². The Kier molecular flexibility index (Phi) is 7.68. The maximum atomic E-state index is 12.7. The van der Waals surface area contributed by atoms with Crippen LogP contribution in [-0.2, 0) is 27.2 Å². The van der Waals surface area contributed by atoms with Crippen LogP contribution in [0.4, 0.5) is 9.80 Å². The largest absolute Gasteiger partial charge is 0.462 e. The van der Waals surface area contributed by atoms with E-state index in [0.717, 1.165) is 36.6 Å². The summed E-state index contributed by atoms with van der Waals surface area (Å²) in [5.41, 5.74) is 1.28. The zero-order chi connectivity index (χ0) is 21.7. The van der Waals surface area contributed by atoms with E-state index in [4.69, 9.17) is 9.47 Å². The van der Waals surface area contributed by atoms with Gasteiger partial charge in [-0.05, 0) is 32.9 Å². The number of fused-ring (bicyclic) bond motifs is 1. The van der Waals surface area contributed by atoms with Crippen LogP contribution >= 0.6 is 11.3 Å². The molecule has 10 heteroatoms. The SMILES string of the molecule is CCOC(=O)c1c(NC(=O)CN2CCN(C)CC2)sc2c1CCN(C(=O)OCC)C2. The van der Waals surface area contributed by atoms with Gasteiger partial charge in [0, 0.05) is 37.6 Å². The molecule has 1 N–H and O–H groups in total. The molecule has 3 rings (SSSR count). The molecule has 30 heavy (non-hydrogen) atoms. The average Bonchev–Trinajstić information content (AvgIpc) is 3.06. The Balaban J connectivity index is 1.75. The molecule has 1 saturated heterocycles. The second-order valence-electron chi connectivity index (χ2n) is 7.43. The van der Waals surface area contributed by atoms with E-state index in [2.05, 4.69) is 22.2 Å². The Hall–Kier alpha value is -2.17. The molecule has 3 heterocycles. The van der Waals surface area contributed by atoms with Crippen LogP contribution in [0.15, 0.2) is 0 Å². The number of nitrogens with one attached hydrogen (secondary N) is 1. The summed E-state index contributed by atoms with van der Waals surface area (Å²) >= 11 is 1.34. The highest BCUT2D eigenvalue weighted by Crippen LogP contribution is 2.37. The van der Waals surface area contributed by atoms with Gasteiger partial charge >= 0.3 is 12.1 Å². The molecule has 2 aliphatic heterocycles. The van der Waals surface area contributed by atoms with Gasteiger partial charge in [-0.25, -0.2) is 9.59 Å². The Morgan fingerprint density at radius 3 is 2.40 bits per heavy atom. The van der Waals surface area contributed by atoms with E-state index in [1.54, 1.807) is 18.7 Å². The molecule has 166 valence electrons. The number of piperazine rings is 1. The third kappa shape index (κ3) is 5.30. The zero-order valence-corrected chi connectivity index (χ0v) is 18.7. The lowest BCUT2D eigenvalue weighted by Gasteiger charge is -2.31. The van der Waals surface area contributed by atoms with E-state index in [1.807, 2.05) is 0 Å². The van der Waals surface area contributed by atoms with Gasteiger partial charge in [0.25, 0.3) is 0 Å². The monoisotopic (exact) mass is 438 g/mol. The number of nitrogens with zero attached hydrogens (tertiary/aromatic N) is 3. The van der Waals surface area contributed by atoms with Gasteiger partial charge in [-0.15, -0.1) is 11.3 Å². The summed E-state index contributed by atoms with van der Waals surface area (Å²) in [7, 11) is 2.07. The molecule has 2 aliphatic rings. The lowest BCUT2D eigenvalue weighted by Crippen LogP contribution is -2.47. The molecule has 0 aliphatic carbocycles. The van der Waals surface area contributed by atoms with Crippen LogP contribution in [-0.4, -0.2) is 92.2 Å². The van der Waals surface area contributed by atoms with Crippen molar-refractivity contribution < 1.29 is 23.9 Å². The maximum absolute atomic E-state index is 12.7. The highest BCUT2D eigenvalue weighted by Gasteiger charge is 2.31. The van der Waals surface area contributed by atoms with E-state index < -0.39 is 5.97 Å². The highest BCUT2D eigenvalue weighted by molar-refractivity contribution is 7.17. The Morgan fingerprint density at radius 2 is 1.73 bits per heavy atom. The molecule has 0 unspecified atom stereocenters. The smallest absolute Gasteiger partial charge is 0.410 e. The summed E-state index contributed by atoms with van der Waals surface area (Å²) < 4.78 is 10.3. The number of amides is 2. The van der Waals surface area contributed by atoms with Crippen molar-refractivity contribution in [3.63, 3.8) is 0 Å². The normalized spacial score (nSPS) is 17.4. The van der Waals surface area contributed by atoms with Crippen molar-refractivity contribution in [3.05, 3.63) is 16.0 Å². The fourth-order valence-corrected chi connectivity index (χ4v) is 4.92. The maximum Gasteiger partial charge on any atom is 0.410 e. The van der Waals surface area contributed by atoms with Crippen LogP contribution in [0.5, 0.6) is 0 Å². The lowest BCUT2D eigenvalue weighted by atomic mass is 10.0. The zero-order valence-electron chi connectivity index (χ0n) is 17.9. The van der Waals surface area contributed by atoms with Crippen molar-refractivity contribution in [2.75, 3.05) is 64.8 Å². The van der Waals surface area contributed by atoms with E-state index in [9.17, 15) is 14.4 Å². The summed E-state index contributed by atoms with van der Waals surface area (Å²) in [6.45, 7) is 8.74. The van der Waals surface area contributed by atoms with Crippen LogP contribution in [0, 0.1) is 0 Å². The van der Waals surface area contributed by atoms with Crippen LogP contribution in [0.3, 0.4) is 0 Å². The fourth-order valence-electron chi connectivity index (χ4n) is 3.66. The molecule has 1 fully saturated rings. The third-order valence-electron chi connectivity index (χ3n) is 5.28. The standard InChI is InChI=1S/C20H30N4O5S/c1-4-28-19(26)17-14-6-7-24(20(27)29-5-2)12-15(14)30-18(17)21-16(25)13-23-10-8-22(3)9-11-23/h4-13H2,1-3H3,(H,21,25). The highest BCUT2D eigenvalue weighted by atomic mass is 32.1. The molecule has 1 aromatic rings. The predicted octanol–water partition coefficient (Wildman–Crippen LogP) is 1.63. The number of carbonyl (C=O) groups is 3. The number of carbonyl (C=O) groups excluding carboxylic acids is 3. The number of hydrogen-bond acceptors (Lipinski definition) is 8. The fraction of sp³-hybridized carbons (Fsp3) is 0.650. The van der Waals surface area contributed by atoms with E-state index >= 15 is 0 Å². The summed E-state index contributed by atoms with van der Waals surface area (Å²) in [4.78, 5) is 44.2. The Bertz CT molecular complexity index is 788. The van der Waals surface area contributed by atoms with Gasteiger partial charge in [-0.2, -0.15) is 0 Å². The summed E-state index contributed by atoms with van der Waals surface area (Å²) in [6, 6.07) is 0. The first-order valence-electron chi connectivity index (χ1n) is 10.4. The number of thiophene rings is 1. The number of anilines is 1. The van der Waals surface area contributed by atoms with Gasteiger partial charge in [0.1, 0.15) is 5.00 Å². The molecular formula is C20H30N4O5S. The number of hydrogen-bond donors (Lipinski definition) is 1. The summed E-state index contributed by atoms with van der Waals surface area (Å²) in [5, 5.41) is 3.43. The minimum atomic E-state index is -0.436. The van der Waals surface area contributed by atoms with Crippen LogP contribution < -0.4 is 5.32 Å². The first-order valence-corrected chi connectivity index (χ1v) is 11.2. The lowest BCUT2D eigenvalue weighted by molar-refractivity contribution is -0.117. The molecule has 0 aromatic carbocycles. The molecule has 0 bridgehead atoms. The van der Waals surface area contributed by atoms with E-state index in [0.29, 0.717) is 36.7 Å². The summed E-state index contributed by atoms with van der Waals surface area (Å²) in [6.07, 6.45) is 0.155. The van der Waals surface area contributed by atoms with Gasteiger partial charge in [-0.1, -0.05) is 0 Å². The minimum absolute atomic E-state index is 0.147. The van der Waals surface area contributed by atoms with Crippen molar-refractivity contribution in [3.8, 4) is 0 Å². The van der Waals surface area contributed by atoms with Gasteiger partial charge < -0.3 is 24.6 Å². The van der Waals surface area contributed by atoms with Crippen LogP contribution in [0.2, 0.25) is 0 Å². The van der Waals surface area contributed by atoms with Crippen LogP contribution in [0.25, 0.3) is 0 Å².